The van der Waals surface area contributed by atoms with Crippen molar-refractivity contribution in [2.24, 2.45) is 0 Å². The zero-order chi connectivity index (χ0) is 34.0. The molecule has 0 aliphatic rings. The van der Waals surface area contributed by atoms with Crippen LogP contribution in [0.1, 0.15) is 27.8 Å². The van der Waals surface area contributed by atoms with Crippen LogP contribution in [0.2, 0.25) is 0 Å². The first-order valence-corrected chi connectivity index (χ1v) is 17.4. The van der Waals surface area contributed by atoms with Gasteiger partial charge in [0.05, 0.1) is 11.0 Å². The van der Waals surface area contributed by atoms with E-state index >= 15 is 0 Å². The number of hydrogen-bond donors (Lipinski definition) is 0. The zero-order valence-electron chi connectivity index (χ0n) is 28.0. The van der Waals surface area contributed by atoms with E-state index in [0.717, 1.165) is 28.1 Å². The number of hydrogen-bond acceptors (Lipinski definition) is 1. The molecule has 0 atom stereocenters. The van der Waals surface area contributed by atoms with Crippen molar-refractivity contribution in [3.8, 4) is 17.1 Å². The Morgan fingerprint density at radius 1 is 0.431 bits per heavy atom. The van der Waals surface area contributed by atoms with E-state index < -0.39 is 0 Å². The predicted octanol–water partition coefficient (Wildman–Crippen LogP) is 12.8. The molecule has 0 radical (unpaired) electrons. The van der Waals surface area contributed by atoms with Crippen LogP contribution in [0.4, 0.5) is 0 Å². The maximum Gasteiger partial charge on any atom is 0.145 e. The van der Waals surface area contributed by atoms with Crippen LogP contribution in [0.5, 0.6) is 0 Å². The van der Waals surface area contributed by atoms with Crippen molar-refractivity contribution >= 4 is 56.4 Å². The van der Waals surface area contributed by atoms with Crippen LogP contribution >= 0.6 is 0 Å². The first-order chi connectivity index (χ1) is 25.2. The summed E-state index contributed by atoms with van der Waals surface area (Å²) in [6.45, 7) is 0. The van der Waals surface area contributed by atoms with Crippen LogP contribution in [0.15, 0.2) is 188 Å². The summed E-state index contributed by atoms with van der Waals surface area (Å²) in [7, 11) is 0. The van der Waals surface area contributed by atoms with Crippen molar-refractivity contribution < 1.29 is 0 Å². The average molecular weight is 651 g/mol. The highest BCUT2D eigenvalue weighted by molar-refractivity contribution is 5.95. The minimum absolute atomic E-state index is 0.945. The van der Waals surface area contributed by atoms with E-state index in [1.807, 2.05) is 12.1 Å². The summed E-state index contributed by atoms with van der Waals surface area (Å²) in [6.07, 6.45) is 6.69. The van der Waals surface area contributed by atoms with Crippen molar-refractivity contribution in [1.82, 2.24) is 9.55 Å². The lowest BCUT2D eigenvalue weighted by molar-refractivity contribution is 1.10. The number of fused-ring (bicyclic) bond motifs is 3. The molecule has 9 aromatic rings. The van der Waals surface area contributed by atoms with Gasteiger partial charge in [-0.05, 0) is 110 Å². The number of para-hydroxylation sites is 3. The van der Waals surface area contributed by atoms with Crippen LogP contribution < -0.4 is 0 Å². The number of rotatable bonds is 7. The number of nitrogens with zero attached hydrogens (tertiary/aromatic N) is 2. The molecule has 9 rings (SSSR count). The molecular formula is C49H34N2. The van der Waals surface area contributed by atoms with Gasteiger partial charge in [0, 0.05) is 11.3 Å². The molecule has 2 nitrogen and oxygen atoms in total. The van der Waals surface area contributed by atoms with Crippen LogP contribution in [-0.4, -0.2) is 9.55 Å². The van der Waals surface area contributed by atoms with Gasteiger partial charge < -0.3 is 0 Å². The number of imidazole rings is 1. The highest BCUT2D eigenvalue weighted by atomic mass is 15.1. The minimum atomic E-state index is 0.945. The molecule has 0 saturated carbocycles. The Morgan fingerprint density at radius 2 is 0.922 bits per heavy atom. The molecule has 0 amide bonds. The highest BCUT2D eigenvalue weighted by Crippen LogP contribution is 2.32. The van der Waals surface area contributed by atoms with Gasteiger partial charge >= 0.3 is 0 Å². The molecule has 0 aliphatic carbocycles. The van der Waals surface area contributed by atoms with Gasteiger partial charge in [-0.25, -0.2) is 4.98 Å². The molecule has 0 saturated heterocycles. The lowest BCUT2D eigenvalue weighted by Gasteiger charge is -2.10. The summed E-state index contributed by atoms with van der Waals surface area (Å²) in [5, 5.41) is 4.84. The second-order valence-electron chi connectivity index (χ2n) is 12.9. The maximum absolute atomic E-state index is 5.06. The SMILES string of the molecule is C(=Cc1ccc2cc(-c3nc4ccccc4n3-c3ccccc3)ccc2c1)c1ccc2cc(C=C(c3ccccc3)c3ccccc3)ccc2c1. The van der Waals surface area contributed by atoms with E-state index in [4.69, 9.17) is 4.98 Å². The Morgan fingerprint density at radius 3 is 1.55 bits per heavy atom. The molecule has 1 heterocycles. The molecule has 0 fully saturated rings. The van der Waals surface area contributed by atoms with Gasteiger partial charge in [-0.2, -0.15) is 0 Å². The van der Waals surface area contributed by atoms with E-state index in [0.29, 0.717) is 0 Å². The van der Waals surface area contributed by atoms with Crippen molar-refractivity contribution in [1.29, 1.82) is 0 Å². The Bertz CT molecular complexity index is 2680. The van der Waals surface area contributed by atoms with Crippen LogP contribution in [0.3, 0.4) is 0 Å². The number of benzene rings is 8. The van der Waals surface area contributed by atoms with Gasteiger partial charge in [0.25, 0.3) is 0 Å². The summed E-state index contributed by atoms with van der Waals surface area (Å²) in [4.78, 5) is 5.06. The molecule has 0 unspecified atom stereocenters. The molecule has 0 aliphatic heterocycles. The third kappa shape index (κ3) is 6.16. The lowest BCUT2D eigenvalue weighted by atomic mass is 9.95. The quantitative estimate of drug-likeness (QED) is 0.157. The summed E-state index contributed by atoms with van der Waals surface area (Å²) >= 11 is 0. The molecule has 0 spiro atoms. The fourth-order valence-electron chi connectivity index (χ4n) is 6.97. The van der Waals surface area contributed by atoms with Crippen molar-refractivity contribution in [3.63, 3.8) is 0 Å². The fourth-order valence-corrected chi connectivity index (χ4v) is 6.97. The van der Waals surface area contributed by atoms with Crippen LogP contribution in [0.25, 0.3) is 73.5 Å². The minimum Gasteiger partial charge on any atom is -0.292 e. The normalized spacial score (nSPS) is 11.5. The van der Waals surface area contributed by atoms with E-state index in [-0.39, 0.29) is 0 Å². The summed E-state index contributed by atoms with van der Waals surface area (Å²) in [6, 6.07) is 66.8. The second-order valence-corrected chi connectivity index (χ2v) is 12.9. The fraction of sp³-hybridized carbons (Fsp3) is 0. The Hall–Kier alpha value is -6.77. The monoisotopic (exact) mass is 650 g/mol. The van der Waals surface area contributed by atoms with Crippen LogP contribution in [-0.2, 0) is 0 Å². The second kappa shape index (κ2) is 13.3. The van der Waals surface area contributed by atoms with Crippen molar-refractivity contribution in [2.45, 2.75) is 0 Å². The highest BCUT2D eigenvalue weighted by Gasteiger charge is 2.14. The largest absolute Gasteiger partial charge is 0.292 e. The van der Waals surface area contributed by atoms with Crippen molar-refractivity contribution in [3.05, 3.63) is 216 Å². The molecule has 0 N–H and O–H groups in total. The molecule has 240 valence electrons. The first kappa shape index (κ1) is 30.3. The van der Waals surface area contributed by atoms with Crippen LogP contribution in [0, 0.1) is 0 Å². The average Bonchev–Trinajstić information content (AvgIpc) is 3.59. The maximum atomic E-state index is 5.06. The topological polar surface area (TPSA) is 17.8 Å². The third-order valence-corrected chi connectivity index (χ3v) is 9.53. The number of aromatic nitrogens is 2. The summed E-state index contributed by atoms with van der Waals surface area (Å²) in [5.41, 5.74) is 11.5. The van der Waals surface area contributed by atoms with Gasteiger partial charge in [-0.15, -0.1) is 0 Å². The van der Waals surface area contributed by atoms with Gasteiger partial charge in [-0.1, -0.05) is 152 Å². The van der Waals surface area contributed by atoms with E-state index in [2.05, 4.69) is 199 Å². The van der Waals surface area contributed by atoms with Gasteiger partial charge in [0.2, 0.25) is 0 Å². The lowest BCUT2D eigenvalue weighted by Crippen LogP contribution is -1.97. The van der Waals surface area contributed by atoms with E-state index in [1.54, 1.807) is 0 Å². The van der Waals surface area contributed by atoms with E-state index in [1.165, 1.54) is 54.9 Å². The third-order valence-electron chi connectivity index (χ3n) is 9.53. The smallest absolute Gasteiger partial charge is 0.145 e. The van der Waals surface area contributed by atoms with E-state index in [9.17, 15) is 0 Å². The molecule has 1 aromatic heterocycles. The van der Waals surface area contributed by atoms with Gasteiger partial charge in [-0.3, -0.25) is 4.57 Å². The van der Waals surface area contributed by atoms with Crippen molar-refractivity contribution in [2.75, 3.05) is 0 Å². The molecular weight excluding hydrogens is 617 g/mol. The van der Waals surface area contributed by atoms with Gasteiger partial charge in [0.1, 0.15) is 5.82 Å². The summed E-state index contributed by atoms with van der Waals surface area (Å²) < 4.78 is 2.25. The predicted molar refractivity (Wildman–Crippen MR) is 217 cm³/mol. The Balaban J connectivity index is 0.985. The Kier molecular flexibility index (Phi) is 7.88. The first-order valence-electron chi connectivity index (χ1n) is 17.4. The molecule has 0 bridgehead atoms. The van der Waals surface area contributed by atoms with Gasteiger partial charge in [0.15, 0.2) is 0 Å². The molecule has 51 heavy (non-hydrogen) atoms. The molecule has 2 heteroatoms. The standard InChI is InChI=1S/C49H34N2/c1-4-12-38(13-5-1)46(39-14-6-2-7-15-39)33-37-24-27-40-30-35(22-25-41(40)32-37)20-21-36-23-26-43-34-44(29-28-42(43)31-36)49-50-47-18-10-11-19-48(47)51(49)45-16-8-3-9-17-45/h1-34H. The zero-order valence-corrected chi connectivity index (χ0v) is 28.0. The summed E-state index contributed by atoms with van der Waals surface area (Å²) in [5.74, 6) is 0.945. The Labute approximate surface area is 297 Å². The molecule has 8 aromatic carbocycles.